The zero-order chi connectivity index (χ0) is 24.7. The van der Waals surface area contributed by atoms with Crippen LogP contribution < -0.4 is 9.47 Å². The summed E-state index contributed by atoms with van der Waals surface area (Å²) in [6, 6.07) is 21.3. The summed E-state index contributed by atoms with van der Waals surface area (Å²) in [5, 5.41) is 4.60. The van der Waals surface area contributed by atoms with Gasteiger partial charge < -0.3 is 9.47 Å². The van der Waals surface area contributed by atoms with Crippen molar-refractivity contribution in [3.05, 3.63) is 69.6 Å². The molecule has 4 rings (SSSR count). The largest absolute Gasteiger partial charge is 0.492 e. The Kier molecular flexibility index (Phi) is 7.04. The maximum absolute atomic E-state index is 6.49. The number of hydrogen-bond donors (Lipinski definition) is 0. The van der Waals surface area contributed by atoms with Crippen LogP contribution in [0.5, 0.6) is 11.5 Å². The normalized spacial score (nSPS) is 12.4. The third kappa shape index (κ3) is 5.78. The molecule has 0 atom stereocenters. The van der Waals surface area contributed by atoms with Gasteiger partial charge in [0.25, 0.3) is 0 Å². The van der Waals surface area contributed by atoms with Crippen molar-refractivity contribution in [2.45, 2.75) is 41.5 Å². The molecule has 0 aliphatic heterocycles. The Hall–Kier alpha value is -2.04. The molecule has 0 bridgehead atoms. The van der Waals surface area contributed by atoms with Gasteiger partial charge in [0.05, 0.1) is 13.2 Å². The van der Waals surface area contributed by atoms with E-state index in [9.17, 15) is 0 Å². The minimum atomic E-state index is 0.0428. The Morgan fingerprint density at radius 2 is 0.941 bits per heavy atom. The van der Waals surface area contributed by atoms with E-state index in [0.29, 0.717) is 13.2 Å². The van der Waals surface area contributed by atoms with Gasteiger partial charge in [0.1, 0.15) is 11.5 Å². The van der Waals surface area contributed by atoms with Gasteiger partial charge in [-0.3, -0.25) is 0 Å². The predicted octanol–water partition coefficient (Wildman–Crippen LogP) is 10.0. The Bertz CT molecular complexity index is 1240. The quantitative estimate of drug-likeness (QED) is 0.233. The molecule has 0 aliphatic rings. The Morgan fingerprint density at radius 3 is 1.29 bits per heavy atom. The minimum absolute atomic E-state index is 0.0428. The first-order valence-electron chi connectivity index (χ1n) is 11.6. The standard InChI is InChI=1S/C30H32Br2O2/c1-29(2,3)17-33-25-13-7-19-15-21(31)9-11-23(19)27(25)28-24-12-10-22(32)16-20(24)8-14-26(28)34-18-30(4,5)6/h7-16H,17-18H2,1-6H3. The number of halogens is 2. The lowest BCUT2D eigenvalue weighted by Gasteiger charge is -2.25. The highest BCUT2D eigenvalue weighted by molar-refractivity contribution is 9.10. The molecule has 2 nitrogen and oxygen atoms in total. The average Bonchev–Trinajstić information content (AvgIpc) is 2.74. The van der Waals surface area contributed by atoms with Crippen molar-refractivity contribution < 1.29 is 9.47 Å². The topological polar surface area (TPSA) is 18.5 Å². The van der Waals surface area contributed by atoms with Crippen molar-refractivity contribution in [2.24, 2.45) is 10.8 Å². The van der Waals surface area contributed by atoms with Crippen molar-refractivity contribution in [2.75, 3.05) is 13.2 Å². The molecule has 0 spiro atoms. The molecule has 0 amide bonds. The van der Waals surface area contributed by atoms with Crippen LogP contribution in [0.15, 0.2) is 69.6 Å². The Morgan fingerprint density at radius 1 is 0.559 bits per heavy atom. The molecule has 0 aromatic heterocycles. The summed E-state index contributed by atoms with van der Waals surface area (Å²) in [4.78, 5) is 0. The monoisotopic (exact) mass is 582 g/mol. The molecule has 34 heavy (non-hydrogen) atoms. The molecule has 0 saturated heterocycles. The molecule has 178 valence electrons. The number of hydrogen-bond acceptors (Lipinski definition) is 2. The molecule has 0 unspecified atom stereocenters. The Balaban J connectivity index is 2.04. The van der Waals surface area contributed by atoms with Crippen molar-refractivity contribution in [3.63, 3.8) is 0 Å². The average molecular weight is 584 g/mol. The second-order valence-corrected chi connectivity index (χ2v) is 13.1. The first-order valence-corrected chi connectivity index (χ1v) is 13.2. The molecule has 4 aromatic rings. The molecule has 0 aliphatic carbocycles. The van der Waals surface area contributed by atoms with E-state index in [1.165, 1.54) is 0 Å². The first-order chi connectivity index (χ1) is 15.9. The van der Waals surface area contributed by atoms with Gasteiger partial charge in [0.15, 0.2) is 0 Å². The third-order valence-corrected chi connectivity index (χ3v) is 6.45. The van der Waals surface area contributed by atoms with Crippen LogP contribution in [0.2, 0.25) is 0 Å². The van der Waals surface area contributed by atoms with E-state index in [1.54, 1.807) is 0 Å². The molecule has 4 heteroatoms. The number of rotatable bonds is 5. The van der Waals surface area contributed by atoms with E-state index in [1.807, 2.05) is 0 Å². The molecule has 0 fully saturated rings. The van der Waals surface area contributed by atoms with Crippen molar-refractivity contribution in [1.82, 2.24) is 0 Å². The number of ether oxygens (including phenoxy) is 2. The fourth-order valence-electron chi connectivity index (χ4n) is 3.91. The van der Waals surface area contributed by atoms with Gasteiger partial charge in [-0.25, -0.2) is 0 Å². The van der Waals surface area contributed by atoms with Gasteiger partial charge in [0.2, 0.25) is 0 Å². The van der Waals surface area contributed by atoms with Crippen LogP contribution in [-0.4, -0.2) is 13.2 Å². The van der Waals surface area contributed by atoms with Gasteiger partial charge >= 0.3 is 0 Å². The van der Waals surface area contributed by atoms with Crippen LogP contribution in [0.25, 0.3) is 32.7 Å². The van der Waals surface area contributed by atoms with Crippen molar-refractivity contribution in [1.29, 1.82) is 0 Å². The number of benzene rings is 4. The fraction of sp³-hybridized carbons (Fsp3) is 0.333. The summed E-state index contributed by atoms with van der Waals surface area (Å²) >= 11 is 7.27. The highest BCUT2D eigenvalue weighted by atomic mass is 79.9. The smallest absolute Gasteiger partial charge is 0.127 e. The van der Waals surface area contributed by atoms with Crippen LogP contribution in [-0.2, 0) is 0 Å². The lowest BCUT2D eigenvalue weighted by molar-refractivity contribution is 0.196. The third-order valence-electron chi connectivity index (χ3n) is 5.46. The van der Waals surface area contributed by atoms with Gasteiger partial charge in [-0.2, -0.15) is 0 Å². The van der Waals surface area contributed by atoms with E-state index in [2.05, 4.69) is 134 Å². The maximum Gasteiger partial charge on any atom is 0.127 e. The van der Waals surface area contributed by atoms with Crippen LogP contribution in [0.3, 0.4) is 0 Å². The van der Waals surface area contributed by atoms with Crippen LogP contribution >= 0.6 is 31.9 Å². The van der Waals surface area contributed by atoms with E-state index in [4.69, 9.17) is 9.47 Å². The van der Waals surface area contributed by atoms with E-state index in [0.717, 1.165) is 53.1 Å². The molecule has 0 N–H and O–H groups in total. The number of fused-ring (bicyclic) bond motifs is 2. The van der Waals surface area contributed by atoms with Crippen LogP contribution in [0.1, 0.15) is 41.5 Å². The highest BCUT2D eigenvalue weighted by Crippen LogP contribution is 2.46. The lowest BCUT2D eigenvalue weighted by atomic mass is 9.91. The molecule has 0 heterocycles. The zero-order valence-electron chi connectivity index (χ0n) is 20.8. The highest BCUT2D eigenvalue weighted by Gasteiger charge is 2.22. The summed E-state index contributed by atoms with van der Waals surface area (Å²) in [5.41, 5.74) is 2.24. The van der Waals surface area contributed by atoms with Gasteiger partial charge in [-0.05, 0) is 68.8 Å². The minimum Gasteiger partial charge on any atom is -0.492 e. The Labute approximate surface area is 219 Å². The van der Waals surface area contributed by atoms with E-state index in [-0.39, 0.29) is 10.8 Å². The fourth-order valence-corrected chi connectivity index (χ4v) is 4.66. The SMILES string of the molecule is CC(C)(C)COc1ccc2cc(Br)ccc2c1-c1c(OCC(C)(C)C)ccc2cc(Br)ccc12. The van der Waals surface area contributed by atoms with Crippen LogP contribution in [0, 0.1) is 10.8 Å². The summed E-state index contributed by atoms with van der Waals surface area (Å²) in [5.74, 6) is 1.75. The van der Waals surface area contributed by atoms with Gasteiger partial charge in [-0.15, -0.1) is 0 Å². The second-order valence-electron chi connectivity index (χ2n) is 11.3. The zero-order valence-corrected chi connectivity index (χ0v) is 23.9. The van der Waals surface area contributed by atoms with Crippen molar-refractivity contribution >= 4 is 53.4 Å². The van der Waals surface area contributed by atoms with Crippen molar-refractivity contribution in [3.8, 4) is 22.6 Å². The van der Waals surface area contributed by atoms with E-state index >= 15 is 0 Å². The summed E-state index contributed by atoms with van der Waals surface area (Å²) in [7, 11) is 0. The molecule has 4 aromatic carbocycles. The summed E-state index contributed by atoms with van der Waals surface area (Å²) < 4.78 is 15.1. The van der Waals surface area contributed by atoms with E-state index < -0.39 is 0 Å². The first kappa shape index (κ1) is 25.1. The molecule has 0 saturated carbocycles. The lowest BCUT2D eigenvalue weighted by Crippen LogP contribution is -2.18. The van der Waals surface area contributed by atoms with Gasteiger partial charge in [0, 0.05) is 20.1 Å². The van der Waals surface area contributed by atoms with Gasteiger partial charge in [-0.1, -0.05) is 97.7 Å². The maximum atomic E-state index is 6.49. The summed E-state index contributed by atoms with van der Waals surface area (Å²) in [6.45, 7) is 14.4. The van der Waals surface area contributed by atoms with Crippen LogP contribution in [0.4, 0.5) is 0 Å². The molecule has 0 radical (unpaired) electrons. The predicted molar refractivity (Wildman–Crippen MR) is 152 cm³/mol. The molecular weight excluding hydrogens is 552 g/mol. The second kappa shape index (κ2) is 9.54. The summed E-state index contributed by atoms with van der Waals surface area (Å²) in [6.07, 6.45) is 0. The molecular formula is C30H32Br2O2.